The number of hydrogen-bond donors (Lipinski definition) is 1. The van der Waals surface area contributed by atoms with Gasteiger partial charge in [-0.2, -0.15) is 0 Å². The van der Waals surface area contributed by atoms with Crippen molar-refractivity contribution >= 4 is 6.09 Å². The van der Waals surface area contributed by atoms with Crippen molar-refractivity contribution < 1.29 is 9.53 Å². The van der Waals surface area contributed by atoms with E-state index >= 15 is 0 Å². The summed E-state index contributed by atoms with van der Waals surface area (Å²) in [5.41, 5.74) is 5.32. The Morgan fingerprint density at radius 3 is 2.41 bits per heavy atom. The molecule has 1 amide bonds. The van der Waals surface area contributed by atoms with Gasteiger partial charge < -0.3 is 10.1 Å². The van der Waals surface area contributed by atoms with Gasteiger partial charge in [0.1, 0.15) is 0 Å². The van der Waals surface area contributed by atoms with Crippen molar-refractivity contribution in [2.24, 2.45) is 0 Å². The van der Waals surface area contributed by atoms with Crippen LogP contribution in [0.5, 0.6) is 0 Å². The molecule has 3 nitrogen and oxygen atoms in total. The maximum Gasteiger partial charge on any atom is 0.407 e. The Bertz CT molecular complexity index is 431. The van der Waals surface area contributed by atoms with Gasteiger partial charge in [-0.25, -0.2) is 4.79 Å². The average molecular weight is 233 g/mol. The van der Waals surface area contributed by atoms with Crippen molar-refractivity contribution in [3.05, 3.63) is 34.4 Å². The third kappa shape index (κ3) is 2.43. The molecule has 0 aromatic heterocycles. The van der Waals surface area contributed by atoms with E-state index in [-0.39, 0.29) is 12.1 Å². The van der Waals surface area contributed by atoms with Crippen LogP contribution in [-0.2, 0) is 4.74 Å². The SMILES string of the molecule is COC(=O)N[C@H]1CC1c1c(C)cc(C)cc1C. The van der Waals surface area contributed by atoms with E-state index in [0.29, 0.717) is 5.92 Å². The van der Waals surface area contributed by atoms with Gasteiger partial charge in [0, 0.05) is 12.0 Å². The Hall–Kier alpha value is -1.51. The lowest BCUT2D eigenvalue weighted by molar-refractivity contribution is 0.170. The molecule has 2 rings (SSSR count). The molecule has 3 heteroatoms. The van der Waals surface area contributed by atoms with Crippen LogP contribution in [0.15, 0.2) is 12.1 Å². The Morgan fingerprint density at radius 2 is 1.88 bits per heavy atom. The molecule has 0 aliphatic heterocycles. The smallest absolute Gasteiger partial charge is 0.407 e. The van der Waals surface area contributed by atoms with Crippen LogP contribution < -0.4 is 5.32 Å². The summed E-state index contributed by atoms with van der Waals surface area (Å²) in [5.74, 6) is 0.453. The minimum Gasteiger partial charge on any atom is -0.453 e. The monoisotopic (exact) mass is 233 g/mol. The third-order valence-corrected chi connectivity index (χ3v) is 3.39. The van der Waals surface area contributed by atoms with E-state index in [0.717, 1.165) is 6.42 Å². The summed E-state index contributed by atoms with van der Waals surface area (Å²) in [6, 6.07) is 4.65. The van der Waals surface area contributed by atoms with E-state index in [2.05, 4.69) is 43.0 Å². The van der Waals surface area contributed by atoms with Gasteiger partial charge in [0.05, 0.1) is 7.11 Å². The van der Waals surface area contributed by atoms with Crippen molar-refractivity contribution in [2.75, 3.05) is 7.11 Å². The normalized spacial score (nSPS) is 22.1. The van der Waals surface area contributed by atoms with Crippen LogP contribution in [0.1, 0.15) is 34.6 Å². The zero-order chi connectivity index (χ0) is 12.6. The Labute approximate surface area is 102 Å². The summed E-state index contributed by atoms with van der Waals surface area (Å²) in [6.07, 6.45) is 0.680. The second-order valence-corrected chi connectivity index (χ2v) is 4.90. The molecule has 92 valence electrons. The Kier molecular flexibility index (Phi) is 3.09. The van der Waals surface area contributed by atoms with E-state index in [9.17, 15) is 4.79 Å². The maximum atomic E-state index is 11.1. The van der Waals surface area contributed by atoms with Crippen LogP contribution in [-0.4, -0.2) is 19.2 Å². The standard InChI is InChI=1S/C14H19NO2/c1-8-5-9(2)13(10(3)6-8)11-7-12(11)15-14(16)17-4/h5-6,11-12H,7H2,1-4H3,(H,15,16)/t11?,12-/m0/s1. The number of methoxy groups -OCH3 is 1. The minimum atomic E-state index is -0.333. The number of ether oxygens (including phenoxy) is 1. The molecule has 1 fully saturated rings. The summed E-state index contributed by atoms with van der Waals surface area (Å²) in [4.78, 5) is 11.1. The molecule has 1 N–H and O–H groups in total. The molecule has 1 saturated carbocycles. The van der Waals surface area contributed by atoms with Gasteiger partial charge in [-0.1, -0.05) is 17.7 Å². The van der Waals surface area contributed by atoms with Crippen LogP contribution in [0.2, 0.25) is 0 Å². The first-order valence-corrected chi connectivity index (χ1v) is 5.95. The van der Waals surface area contributed by atoms with Crippen LogP contribution in [0, 0.1) is 20.8 Å². The number of alkyl carbamates (subject to hydrolysis) is 1. The largest absolute Gasteiger partial charge is 0.453 e. The first-order chi connectivity index (χ1) is 8.02. The number of nitrogens with one attached hydrogen (secondary N) is 1. The molecule has 0 spiro atoms. The molecule has 1 unspecified atom stereocenters. The highest BCUT2D eigenvalue weighted by atomic mass is 16.5. The number of hydrogen-bond acceptors (Lipinski definition) is 2. The van der Waals surface area contributed by atoms with E-state index in [1.54, 1.807) is 0 Å². The van der Waals surface area contributed by atoms with Crippen molar-refractivity contribution in [2.45, 2.75) is 39.2 Å². The summed E-state index contributed by atoms with van der Waals surface area (Å²) in [7, 11) is 1.40. The highest BCUT2D eigenvalue weighted by Crippen LogP contribution is 2.43. The average Bonchev–Trinajstić information content (AvgIpc) is 2.95. The van der Waals surface area contributed by atoms with Gasteiger partial charge >= 0.3 is 6.09 Å². The molecule has 0 heterocycles. The van der Waals surface area contributed by atoms with Gasteiger partial charge in [0.15, 0.2) is 0 Å². The predicted octanol–water partition coefficient (Wildman–Crippen LogP) is 2.82. The number of carbonyl (C=O) groups excluding carboxylic acids is 1. The van der Waals surface area contributed by atoms with Gasteiger partial charge in [0.25, 0.3) is 0 Å². The van der Waals surface area contributed by atoms with Crippen LogP contribution in [0.25, 0.3) is 0 Å². The lowest BCUT2D eigenvalue weighted by Crippen LogP contribution is -2.26. The molecule has 1 aliphatic carbocycles. The van der Waals surface area contributed by atoms with E-state index < -0.39 is 0 Å². The second-order valence-electron chi connectivity index (χ2n) is 4.90. The molecule has 1 aromatic rings. The molecule has 0 bridgehead atoms. The highest BCUT2D eigenvalue weighted by molar-refractivity contribution is 5.68. The van der Waals surface area contributed by atoms with Crippen LogP contribution >= 0.6 is 0 Å². The van der Waals surface area contributed by atoms with E-state index in [1.165, 1.54) is 29.4 Å². The minimum absolute atomic E-state index is 0.238. The first-order valence-electron chi connectivity index (χ1n) is 5.95. The molecule has 0 saturated heterocycles. The van der Waals surface area contributed by atoms with E-state index in [1.807, 2.05) is 0 Å². The summed E-state index contributed by atoms with van der Waals surface area (Å²) < 4.78 is 4.61. The molecular weight excluding hydrogens is 214 g/mol. The quantitative estimate of drug-likeness (QED) is 0.853. The first kappa shape index (κ1) is 12.0. The number of amides is 1. The fourth-order valence-electron chi connectivity index (χ4n) is 2.66. The van der Waals surface area contributed by atoms with Crippen molar-refractivity contribution in [1.29, 1.82) is 0 Å². The predicted molar refractivity (Wildman–Crippen MR) is 67.3 cm³/mol. The lowest BCUT2D eigenvalue weighted by Gasteiger charge is -2.11. The van der Waals surface area contributed by atoms with Crippen LogP contribution in [0.3, 0.4) is 0 Å². The van der Waals surface area contributed by atoms with E-state index in [4.69, 9.17) is 0 Å². The zero-order valence-electron chi connectivity index (χ0n) is 10.8. The van der Waals surface area contributed by atoms with Gasteiger partial charge in [0.2, 0.25) is 0 Å². The van der Waals surface area contributed by atoms with Crippen molar-refractivity contribution in [3.8, 4) is 0 Å². The number of rotatable bonds is 2. The van der Waals surface area contributed by atoms with Crippen LogP contribution in [0.4, 0.5) is 4.79 Å². The zero-order valence-corrected chi connectivity index (χ0v) is 10.8. The summed E-state index contributed by atoms with van der Waals surface area (Å²) >= 11 is 0. The second kappa shape index (κ2) is 4.40. The molecule has 2 atom stereocenters. The van der Waals surface area contributed by atoms with Gasteiger partial charge in [-0.15, -0.1) is 0 Å². The third-order valence-electron chi connectivity index (χ3n) is 3.39. The topological polar surface area (TPSA) is 38.3 Å². The maximum absolute atomic E-state index is 11.1. The van der Waals surface area contributed by atoms with Gasteiger partial charge in [-0.3, -0.25) is 0 Å². The van der Waals surface area contributed by atoms with Crippen molar-refractivity contribution in [1.82, 2.24) is 5.32 Å². The fraction of sp³-hybridized carbons (Fsp3) is 0.500. The number of aryl methyl sites for hydroxylation is 3. The van der Waals surface area contributed by atoms with Crippen molar-refractivity contribution in [3.63, 3.8) is 0 Å². The summed E-state index contributed by atoms with van der Waals surface area (Å²) in [6.45, 7) is 6.40. The Morgan fingerprint density at radius 1 is 1.29 bits per heavy atom. The molecule has 1 aromatic carbocycles. The highest BCUT2D eigenvalue weighted by Gasteiger charge is 2.41. The molecule has 0 radical (unpaired) electrons. The number of carbonyl (C=O) groups is 1. The number of benzene rings is 1. The summed E-state index contributed by atoms with van der Waals surface area (Å²) in [5, 5.41) is 2.86. The Balaban J connectivity index is 2.13. The lowest BCUT2D eigenvalue weighted by atomic mass is 9.96. The molecule has 17 heavy (non-hydrogen) atoms. The molecule has 1 aliphatic rings. The molecular formula is C14H19NO2. The van der Waals surface area contributed by atoms with Gasteiger partial charge in [-0.05, 0) is 43.9 Å². The fourth-order valence-corrected chi connectivity index (χ4v) is 2.66.